The van der Waals surface area contributed by atoms with Crippen LogP contribution in [0.25, 0.3) is 0 Å². The molecule has 0 saturated heterocycles. The zero-order valence-corrected chi connectivity index (χ0v) is 10.3. The van der Waals surface area contributed by atoms with Crippen molar-refractivity contribution in [3.63, 3.8) is 0 Å². The Hall–Kier alpha value is 0.0400. The first-order valence-electron chi connectivity index (χ1n) is 3.95. The number of rotatable bonds is 4. The van der Waals surface area contributed by atoms with Crippen LogP contribution in [-0.4, -0.2) is 23.7 Å². The number of alkyl halides is 1. The van der Waals surface area contributed by atoms with E-state index in [0.29, 0.717) is 10.8 Å². The lowest BCUT2D eigenvalue weighted by Gasteiger charge is -2.10. The third-order valence-electron chi connectivity index (χ3n) is 1.50. The number of aliphatic hydroxyl groups is 1. The van der Waals surface area contributed by atoms with E-state index in [-0.39, 0.29) is 12.5 Å². The van der Waals surface area contributed by atoms with Crippen LogP contribution in [0.15, 0.2) is 22.7 Å². The molecule has 1 aromatic carbocycles. The maximum absolute atomic E-state index is 9.17. The monoisotopic (exact) mass is 298 g/mol. The number of hydrogen-bond acceptors (Lipinski definition) is 2. The van der Waals surface area contributed by atoms with Gasteiger partial charge < -0.3 is 9.84 Å². The average molecular weight is 300 g/mol. The van der Waals surface area contributed by atoms with Crippen LogP contribution in [0.5, 0.6) is 5.75 Å². The predicted molar refractivity (Wildman–Crippen MR) is 61.4 cm³/mol. The Kier molecular flexibility index (Phi) is 5.02. The maximum Gasteiger partial charge on any atom is 0.133 e. The van der Waals surface area contributed by atoms with E-state index in [1.807, 2.05) is 0 Å². The molecular formula is C9H9BrCl2O2. The lowest BCUT2D eigenvalue weighted by atomic mass is 10.3. The van der Waals surface area contributed by atoms with E-state index in [1.165, 1.54) is 0 Å². The van der Waals surface area contributed by atoms with Gasteiger partial charge in [-0.3, -0.25) is 0 Å². The Morgan fingerprint density at radius 3 is 2.79 bits per heavy atom. The Labute approximate surface area is 101 Å². The van der Waals surface area contributed by atoms with E-state index in [0.717, 1.165) is 4.47 Å². The van der Waals surface area contributed by atoms with E-state index < -0.39 is 6.10 Å². The van der Waals surface area contributed by atoms with Gasteiger partial charge in [-0.15, -0.1) is 11.6 Å². The van der Waals surface area contributed by atoms with Crippen molar-refractivity contribution >= 4 is 39.1 Å². The molecule has 1 rings (SSSR count). The summed E-state index contributed by atoms with van der Waals surface area (Å²) >= 11 is 14.5. The molecule has 0 heterocycles. The number of hydrogen-bond donors (Lipinski definition) is 1. The van der Waals surface area contributed by atoms with Crippen molar-refractivity contribution in [2.24, 2.45) is 0 Å². The van der Waals surface area contributed by atoms with E-state index in [4.69, 9.17) is 33.0 Å². The molecule has 1 atom stereocenters. The molecule has 0 bridgehead atoms. The fourth-order valence-electron chi connectivity index (χ4n) is 0.823. The van der Waals surface area contributed by atoms with Crippen LogP contribution in [0.2, 0.25) is 5.02 Å². The van der Waals surface area contributed by atoms with Crippen molar-refractivity contribution in [3.05, 3.63) is 27.7 Å². The first-order valence-corrected chi connectivity index (χ1v) is 5.66. The SMILES string of the molecule is OC(CCl)COc1ccc(Cl)cc1Br. The van der Waals surface area contributed by atoms with Crippen LogP contribution in [-0.2, 0) is 0 Å². The molecule has 1 N–H and O–H groups in total. The Morgan fingerprint density at radius 2 is 2.21 bits per heavy atom. The number of halogens is 3. The molecule has 14 heavy (non-hydrogen) atoms. The minimum absolute atomic E-state index is 0.158. The molecule has 0 saturated carbocycles. The molecule has 0 aromatic heterocycles. The zero-order chi connectivity index (χ0) is 10.6. The molecule has 1 unspecified atom stereocenters. The third-order valence-corrected chi connectivity index (χ3v) is 2.71. The topological polar surface area (TPSA) is 29.5 Å². The van der Waals surface area contributed by atoms with Crippen molar-refractivity contribution in [3.8, 4) is 5.75 Å². The summed E-state index contributed by atoms with van der Waals surface area (Å²) < 4.78 is 6.06. The smallest absolute Gasteiger partial charge is 0.133 e. The molecule has 0 fully saturated rings. The molecule has 1 aromatic rings. The van der Waals surface area contributed by atoms with Gasteiger partial charge in [0.15, 0.2) is 0 Å². The summed E-state index contributed by atoms with van der Waals surface area (Å²) in [7, 11) is 0. The van der Waals surface area contributed by atoms with Gasteiger partial charge in [0.1, 0.15) is 18.5 Å². The molecule has 0 radical (unpaired) electrons. The molecule has 2 nitrogen and oxygen atoms in total. The largest absolute Gasteiger partial charge is 0.490 e. The fourth-order valence-corrected chi connectivity index (χ4v) is 1.71. The summed E-state index contributed by atoms with van der Waals surface area (Å²) in [4.78, 5) is 0. The van der Waals surface area contributed by atoms with Crippen molar-refractivity contribution < 1.29 is 9.84 Å². The Balaban J connectivity index is 2.59. The van der Waals surface area contributed by atoms with Gasteiger partial charge in [0.2, 0.25) is 0 Å². The van der Waals surface area contributed by atoms with E-state index in [9.17, 15) is 0 Å². The predicted octanol–water partition coefficient (Wildman–Crippen LogP) is 3.08. The van der Waals surface area contributed by atoms with Gasteiger partial charge >= 0.3 is 0 Å². The molecule has 0 aliphatic carbocycles. The van der Waals surface area contributed by atoms with Gasteiger partial charge in [-0.05, 0) is 34.1 Å². The van der Waals surface area contributed by atoms with Crippen LogP contribution in [0.1, 0.15) is 0 Å². The fraction of sp³-hybridized carbons (Fsp3) is 0.333. The summed E-state index contributed by atoms with van der Waals surface area (Å²) in [6.45, 7) is 0.170. The second kappa shape index (κ2) is 5.81. The lowest BCUT2D eigenvalue weighted by molar-refractivity contribution is 0.125. The molecular weight excluding hydrogens is 291 g/mol. The summed E-state index contributed by atoms with van der Waals surface area (Å²) in [6.07, 6.45) is -0.653. The third kappa shape index (κ3) is 3.65. The number of ether oxygens (including phenoxy) is 1. The molecule has 0 spiro atoms. The Bertz CT molecular complexity index is 307. The number of aliphatic hydroxyl groups excluding tert-OH is 1. The highest BCUT2D eigenvalue weighted by molar-refractivity contribution is 9.10. The van der Waals surface area contributed by atoms with Crippen LogP contribution in [0, 0.1) is 0 Å². The Morgan fingerprint density at radius 1 is 1.50 bits per heavy atom. The van der Waals surface area contributed by atoms with Crippen LogP contribution in [0.4, 0.5) is 0 Å². The molecule has 0 amide bonds. The van der Waals surface area contributed by atoms with Crippen molar-refractivity contribution in [1.29, 1.82) is 0 Å². The average Bonchev–Trinajstić information content (AvgIpc) is 2.16. The van der Waals surface area contributed by atoms with Gasteiger partial charge in [0, 0.05) is 5.02 Å². The first-order chi connectivity index (χ1) is 6.63. The molecule has 0 aliphatic rings. The summed E-state index contributed by atoms with van der Waals surface area (Å²) in [5.74, 6) is 0.796. The zero-order valence-electron chi connectivity index (χ0n) is 7.21. The van der Waals surface area contributed by atoms with Gasteiger partial charge in [-0.2, -0.15) is 0 Å². The summed E-state index contributed by atoms with van der Waals surface area (Å²) in [5, 5.41) is 9.79. The van der Waals surface area contributed by atoms with Gasteiger partial charge in [-0.1, -0.05) is 11.6 Å². The summed E-state index contributed by atoms with van der Waals surface area (Å²) in [6, 6.07) is 5.17. The van der Waals surface area contributed by atoms with Crippen LogP contribution in [0.3, 0.4) is 0 Å². The maximum atomic E-state index is 9.17. The van der Waals surface area contributed by atoms with E-state index in [1.54, 1.807) is 18.2 Å². The molecule has 5 heteroatoms. The van der Waals surface area contributed by atoms with Crippen molar-refractivity contribution in [1.82, 2.24) is 0 Å². The van der Waals surface area contributed by atoms with Gasteiger partial charge in [0.05, 0.1) is 10.4 Å². The molecule has 78 valence electrons. The van der Waals surface area contributed by atoms with Crippen molar-refractivity contribution in [2.75, 3.05) is 12.5 Å². The van der Waals surface area contributed by atoms with Crippen LogP contribution >= 0.6 is 39.1 Å². The van der Waals surface area contributed by atoms with Gasteiger partial charge in [-0.25, -0.2) is 0 Å². The highest BCUT2D eigenvalue weighted by Gasteiger charge is 2.05. The second-order valence-corrected chi connectivity index (χ2v) is 4.29. The quantitative estimate of drug-likeness (QED) is 0.866. The minimum atomic E-state index is -0.653. The highest BCUT2D eigenvalue weighted by atomic mass is 79.9. The van der Waals surface area contributed by atoms with E-state index in [2.05, 4.69) is 15.9 Å². The van der Waals surface area contributed by atoms with Crippen LogP contribution < -0.4 is 4.74 Å². The summed E-state index contributed by atoms with van der Waals surface area (Å²) in [5.41, 5.74) is 0. The second-order valence-electron chi connectivity index (χ2n) is 2.69. The standard InChI is InChI=1S/C9H9BrCl2O2/c10-8-3-6(12)1-2-9(8)14-5-7(13)4-11/h1-3,7,13H,4-5H2. The number of benzene rings is 1. The minimum Gasteiger partial charge on any atom is -0.490 e. The van der Waals surface area contributed by atoms with E-state index >= 15 is 0 Å². The van der Waals surface area contributed by atoms with Gasteiger partial charge in [0.25, 0.3) is 0 Å². The first kappa shape index (κ1) is 12.1. The highest BCUT2D eigenvalue weighted by Crippen LogP contribution is 2.27. The molecule has 0 aliphatic heterocycles. The van der Waals surface area contributed by atoms with Crippen molar-refractivity contribution in [2.45, 2.75) is 6.10 Å². The lowest BCUT2D eigenvalue weighted by Crippen LogP contribution is -2.18. The normalized spacial score (nSPS) is 12.6.